The maximum Gasteiger partial charge on any atom is 0.282 e. The molecule has 1 atom stereocenters. The zero-order valence-electron chi connectivity index (χ0n) is 15.0. The number of carbonyl (C=O) groups is 2. The largest absolute Gasteiger partial charge is 0.464 e. The molecule has 0 spiro atoms. The fourth-order valence-corrected chi connectivity index (χ4v) is 3.00. The van der Waals surface area contributed by atoms with Gasteiger partial charge in [-0.1, -0.05) is 24.9 Å². The highest BCUT2D eigenvalue weighted by Gasteiger charge is 2.51. The van der Waals surface area contributed by atoms with Crippen molar-refractivity contribution in [1.29, 1.82) is 0 Å². The van der Waals surface area contributed by atoms with Gasteiger partial charge in [0.2, 0.25) is 0 Å². The van der Waals surface area contributed by atoms with Gasteiger partial charge in [-0.2, -0.15) is 0 Å². The van der Waals surface area contributed by atoms with Gasteiger partial charge in [-0.3, -0.25) is 14.5 Å². The van der Waals surface area contributed by atoms with Crippen LogP contribution in [0.15, 0.2) is 36.5 Å². The Morgan fingerprint density at radius 1 is 1.41 bits per heavy atom. The molecular formula is C19H19ClFN3O3. The summed E-state index contributed by atoms with van der Waals surface area (Å²) in [7, 11) is 0. The highest BCUT2D eigenvalue weighted by Crippen LogP contribution is 2.37. The van der Waals surface area contributed by atoms with E-state index in [1.165, 1.54) is 24.0 Å². The number of ether oxygens (including phenoxy) is 1. The third kappa shape index (κ3) is 3.60. The van der Waals surface area contributed by atoms with Crippen LogP contribution in [-0.4, -0.2) is 28.9 Å². The second kappa shape index (κ2) is 7.52. The molecule has 2 heterocycles. The van der Waals surface area contributed by atoms with Crippen LogP contribution < -0.4 is 15.0 Å². The first-order valence-electron chi connectivity index (χ1n) is 8.59. The molecule has 8 heteroatoms. The van der Waals surface area contributed by atoms with E-state index in [9.17, 15) is 14.0 Å². The Kier molecular flexibility index (Phi) is 5.32. The molecular weight excluding hydrogens is 373 g/mol. The highest BCUT2D eigenvalue weighted by molar-refractivity contribution is 6.34. The second-order valence-corrected chi connectivity index (χ2v) is 6.76. The monoisotopic (exact) mass is 391 g/mol. The van der Waals surface area contributed by atoms with E-state index in [1.54, 1.807) is 18.3 Å². The Balaban J connectivity index is 1.93. The minimum atomic E-state index is -1.80. The molecule has 2 amide bonds. The van der Waals surface area contributed by atoms with Crippen LogP contribution in [0, 0.1) is 5.82 Å². The molecule has 6 nitrogen and oxygen atoms in total. The van der Waals surface area contributed by atoms with Crippen molar-refractivity contribution in [3.05, 3.63) is 47.4 Å². The van der Waals surface area contributed by atoms with E-state index >= 15 is 0 Å². The van der Waals surface area contributed by atoms with Gasteiger partial charge >= 0.3 is 0 Å². The standard InChI is InChI=1S/C19H19ClFN3O3/c1-3-4-10-24-16-15(6-5-9-22-16)27-19(2,18(24)26)17(25)23-14-8-7-12(21)11-13(14)20/h5-9,11H,3-4,10H2,1-2H3,(H,23,25)/t19-/m0/s1. The molecule has 0 fully saturated rings. The SMILES string of the molecule is CCCCN1C(=O)[C@](C)(C(=O)Nc2ccc(F)cc2Cl)Oc2cccnc21. The predicted molar refractivity (Wildman–Crippen MR) is 101 cm³/mol. The molecule has 0 unspecified atom stereocenters. The Labute approximate surface area is 161 Å². The minimum absolute atomic E-state index is 0.0279. The molecule has 27 heavy (non-hydrogen) atoms. The first-order chi connectivity index (χ1) is 12.9. The number of pyridine rings is 1. The Morgan fingerprint density at radius 2 is 2.19 bits per heavy atom. The number of rotatable bonds is 5. The number of nitrogens with one attached hydrogen (secondary N) is 1. The van der Waals surface area contributed by atoms with Crippen LogP contribution in [0.4, 0.5) is 15.9 Å². The number of hydrogen-bond acceptors (Lipinski definition) is 4. The van der Waals surface area contributed by atoms with E-state index in [0.29, 0.717) is 18.1 Å². The number of unbranched alkanes of at least 4 members (excludes halogenated alkanes) is 1. The average molecular weight is 392 g/mol. The van der Waals surface area contributed by atoms with Gasteiger partial charge in [0.15, 0.2) is 11.6 Å². The molecule has 2 aromatic rings. The number of anilines is 2. The molecule has 1 aromatic heterocycles. The van der Waals surface area contributed by atoms with Gasteiger partial charge in [0.1, 0.15) is 5.82 Å². The van der Waals surface area contributed by atoms with Crippen LogP contribution in [0.25, 0.3) is 0 Å². The summed E-state index contributed by atoms with van der Waals surface area (Å²) in [6, 6.07) is 6.90. The number of benzene rings is 1. The number of amides is 2. The lowest BCUT2D eigenvalue weighted by Gasteiger charge is -2.38. The van der Waals surface area contributed by atoms with E-state index in [2.05, 4.69) is 10.3 Å². The maximum absolute atomic E-state index is 13.2. The molecule has 3 rings (SSSR count). The Morgan fingerprint density at radius 3 is 2.89 bits per heavy atom. The van der Waals surface area contributed by atoms with Gasteiger partial charge in [-0.05, 0) is 43.7 Å². The summed E-state index contributed by atoms with van der Waals surface area (Å²) < 4.78 is 19.0. The number of nitrogens with zero attached hydrogens (tertiary/aromatic N) is 2. The quantitative estimate of drug-likeness (QED) is 0.787. The molecule has 1 aliphatic heterocycles. The first kappa shape index (κ1) is 19.1. The van der Waals surface area contributed by atoms with Gasteiger partial charge in [0.25, 0.3) is 17.4 Å². The number of aromatic nitrogens is 1. The Bertz CT molecular complexity index is 892. The van der Waals surface area contributed by atoms with Crippen LogP contribution in [0.2, 0.25) is 5.02 Å². The van der Waals surface area contributed by atoms with Crippen LogP contribution in [0.3, 0.4) is 0 Å². The summed E-state index contributed by atoms with van der Waals surface area (Å²) in [5.41, 5.74) is -1.61. The van der Waals surface area contributed by atoms with E-state index < -0.39 is 23.2 Å². The van der Waals surface area contributed by atoms with Crippen molar-refractivity contribution in [2.75, 3.05) is 16.8 Å². The van der Waals surface area contributed by atoms with Crippen molar-refractivity contribution >= 4 is 34.9 Å². The van der Waals surface area contributed by atoms with Crippen LogP contribution in [-0.2, 0) is 9.59 Å². The molecule has 0 aliphatic carbocycles. The number of halogens is 2. The predicted octanol–water partition coefficient (Wildman–Crippen LogP) is 3.80. The van der Waals surface area contributed by atoms with Crippen molar-refractivity contribution in [3.63, 3.8) is 0 Å². The molecule has 0 bridgehead atoms. The summed E-state index contributed by atoms with van der Waals surface area (Å²) in [6.45, 7) is 3.83. The van der Waals surface area contributed by atoms with Gasteiger partial charge < -0.3 is 10.1 Å². The zero-order valence-corrected chi connectivity index (χ0v) is 15.7. The maximum atomic E-state index is 13.2. The van der Waals surface area contributed by atoms with E-state index in [1.807, 2.05) is 6.92 Å². The molecule has 1 aromatic carbocycles. The molecule has 1 aliphatic rings. The van der Waals surface area contributed by atoms with Crippen LogP contribution in [0.1, 0.15) is 26.7 Å². The number of hydrogen-bond donors (Lipinski definition) is 1. The smallest absolute Gasteiger partial charge is 0.282 e. The summed E-state index contributed by atoms with van der Waals surface area (Å²) in [4.78, 5) is 31.7. The van der Waals surface area contributed by atoms with Crippen molar-refractivity contribution < 1.29 is 18.7 Å². The normalized spacial score (nSPS) is 18.7. The highest BCUT2D eigenvalue weighted by atomic mass is 35.5. The minimum Gasteiger partial charge on any atom is -0.464 e. The molecule has 0 saturated heterocycles. The van der Waals surface area contributed by atoms with Gasteiger partial charge in [-0.25, -0.2) is 9.37 Å². The third-order valence-electron chi connectivity index (χ3n) is 4.32. The Hall–Kier alpha value is -2.67. The summed E-state index contributed by atoms with van der Waals surface area (Å²) in [6.07, 6.45) is 3.19. The lowest BCUT2D eigenvalue weighted by molar-refractivity contribution is -0.145. The van der Waals surface area contributed by atoms with Crippen molar-refractivity contribution in [3.8, 4) is 5.75 Å². The summed E-state index contributed by atoms with van der Waals surface area (Å²) >= 11 is 5.97. The summed E-state index contributed by atoms with van der Waals surface area (Å²) in [5, 5.41) is 2.58. The van der Waals surface area contributed by atoms with Crippen molar-refractivity contribution in [2.45, 2.75) is 32.3 Å². The van der Waals surface area contributed by atoms with E-state index in [0.717, 1.165) is 18.9 Å². The van der Waals surface area contributed by atoms with Gasteiger partial charge in [0.05, 0.1) is 10.7 Å². The first-order valence-corrected chi connectivity index (χ1v) is 8.97. The average Bonchev–Trinajstić information content (AvgIpc) is 2.64. The van der Waals surface area contributed by atoms with E-state index in [-0.39, 0.29) is 10.7 Å². The van der Waals surface area contributed by atoms with Gasteiger partial charge in [-0.15, -0.1) is 0 Å². The molecule has 1 N–H and O–H groups in total. The third-order valence-corrected chi connectivity index (χ3v) is 4.63. The van der Waals surface area contributed by atoms with Gasteiger partial charge in [0, 0.05) is 12.7 Å². The fourth-order valence-electron chi connectivity index (χ4n) is 2.78. The van der Waals surface area contributed by atoms with E-state index in [4.69, 9.17) is 16.3 Å². The number of carbonyl (C=O) groups excluding carboxylic acids is 2. The lowest BCUT2D eigenvalue weighted by atomic mass is 10.0. The van der Waals surface area contributed by atoms with Crippen molar-refractivity contribution in [1.82, 2.24) is 4.98 Å². The second-order valence-electron chi connectivity index (χ2n) is 6.35. The fraction of sp³-hybridized carbons (Fsp3) is 0.316. The molecule has 0 saturated carbocycles. The van der Waals surface area contributed by atoms with Crippen LogP contribution in [0.5, 0.6) is 5.75 Å². The van der Waals surface area contributed by atoms with Crippen molar-refractivity contribution in [2.24, 2.45) is 0 Å². The summed E-state index contributed by atoms with van der Waals surface area (Å²) in [5.74, 6) is -1.01. The number of fused-ring (bicyclic) bond motifs is 1. The molecule has 0 radical (unpaired) electrons. The molecule has 142 valence electrons. The zero-order chi connectivity index (χ0) is 19.6. The topological polar surface area (TPSA) is 71.5 Å². The lowest BCUT2D eigenvalue weighted by Crippen LogP contribution is -2.61. The van der Waals surface area contributed by atoms with Crippen LogP contribution >= 0.6 is 11.6 Å².